The highest BCUT2D eigenvalue weighted by Gasteiger charge is 2.22. The highest BCUT2D eigenvalue weighted by molar-refractivity contribution is 7.90. The third-order valence-electron chi connectivity index (χ3n) is 3.23. The molecule has 2 aromatic rings. The van der Waals surface area contributed by atoms with E-state index in [0.717, 1.165) is 6.26 Å². The molecule has 130 valence electrons. The summed E-state index contributed by atoms with van der Waals surface area (Å²) in [4.78, 5) is 27.3. The Morgan fingerprint density at radius 1 is 1.33 bits per heavy atom. The van der Waals surface area contributed by atoms with Gasteiger partial charge in [-0.15, -0.1) is 0 Å². The molecule has 0 radical (unpaired) electrons. The van der Waals surface area contributed by atoms with Crippen molar-refractivity contribution in [3.63, 3.8) is 0 Å². The lowest BCUT2D eigenvalue weighted by Crippen LogP contribution is -2.23. The van der Waals surface area contributed by atoms with Gasteiger partial charge in [-0.2, -0.15) is 0 Å². The molecule has 0 fully saturated rings. The number of carbonyl (C=O) groups excluding carboxylic acids is 2. The number of sulfone groups is 1. The Balaban J connectivity index is 2.56. The number of aromatic nitrogens is 2. The summed E-state index contributed by atoms with van der Waals surface area (Å²) in [6.45, 7) is 1.24. The van der Waals surface area contributed by atoms with E-state index in [2.05, 4.69) is 15.6 Å². The first-order valence-corrected chi connectivity index (χ1v) is 9.06. The number of amides is 2. The van der Waals surface area contributed by atoms with Crippen LogP contribution in [0.2, 0.25) is 0 Å². The number of nitrogens with zero attached hydrogens (tertiary/aromatic N) is 2. The summed E-state index contributed by atoms with van der Waals surface area (Å²) in [5, 5.41) is 4.71. The van der Waals surface area contributed by atoms with Crippen molar-refractivity contribution in [3.05, 3.63) is 29.5 Å². The van der Waals surface area contributed by atoms with Crippen LogP contribution in [-0.4, -0.2) is 48.7 Å². The second kappa shape index (κ2) is 6.56. The monoisotopic (exact) mass is 356 g/mol. The van der Waals surface area contributed by atoms with E-state index in [9.17, 15) is 22.4 Å². The van der Waals surface area contributed by atoms with Crippen molar-refractivity contribution < 1.29 is 22.4 Å². The quantitative estimate of drug-likeness (QED) is 0.805. The molecule has 0 aromatic carbocycles. The second-order valence-electron chi connectivity index (χ2n) is 5.34. The molecule has 10 heteroatoms. The first-order valence-electron chi connectivity index (χ1n) is 7.00. The predicted octanol–water partition coefficient (Wildman–Crippen LogP) is 0.378. The van der Waals surface area contributed by atoms with E-state index < -0.39 is 27.5 Å². The standard InChI is InChI=1S/C14H17FN4O4S/c1-8(20)17-10-7-19-6-9(4-5-24(3,22)23)18-13(19)12(15)11(10)14(21)16-2/h6-7H,4-5H2,1-3H3,(H,16,21)(H,17,20). The fourth-order valence-corrected chi connectivity index (χ4v) is 2.76. The maximum absolute atomic E-state index is 14.7. The number of hydrogen-bond donors (Lipinski definition) is 2. The van der Waals surface area contributed by atoms with Crippen LogP contribution in [-0.2, 0) is 21.1 Å². The fraction of sp³-hybridized carbons (Fsp3) is 0.357. The van der Waals surface area contributed by atoms with Gasteiger partial charge < -0.3 is 15.0 Å². The van der Waals surface area contributed by atoms with Crippen LogP contribution in [0.5, 0.6) is 0 Å². The van der Waals surface area contributed by atoms with Gasteiger partial charge in [0.25, 0.3) is 5.91 Å². The number of fused-ring (bicyclic) bond motifs is 1. The Bertz CT molecular complexity index is 920. The van der Waals surface area contributed by atoms with Crippen LogP contribution in [0.3, 0.4) is 0 Å². The van der Waals surface area contributed by atoms with Crippen molar-refractivity contribution in [2.24, 2.45) is 0 Å². The summed E-state index contributed by atoms with van der Waals surface area (Å²) in [6.07, 6.45) is 4.04. The molecule has 2 rings (SSSR count). The van der Waals surface area contributed by atoms with Gasteiger partial charge in [0.1, 0.15) is 15.4 Å². The van der Waals surface area contributed by atoms with Crippen LogP contribution in [0, 0.1) is 5.82 Å². The molecule has 0 saturated carbocycles. The van der Waals surface area contributed by atoms with Gasteiger partial charge in [0, 0.05) is 39.0 Å². The molecular weight excluding hydrogens is 339 g/mol. The molecule has 0 aliphatic heterocycles. The third kappa shape index (κ3) is 3.88. The molecule has 2 amide bonds. The minimum atomic E-state index is -3.18. The van der Waals surface area contributed by atoms with Crippen LogP contribution in [0.25, 0.3) is 5.65 Å². The molecule has 0 bridgehead atoms. The molecule has 8 nitrogen and oxygen atoms in total. The van der Waals surface area contributed by atoms with Crippen molar-refractivity contribution in [1.82, 2.24) is 14.7 Å². The lowest BCUT2D eigenvalue weighted by molar-refractivity contribution is -0.114. The summed E-state index contributed by atoms with van der Waals surface area (Å²) in [7, 11) is -1.84. The average molecular weight is 356 g/mol. The van der Waals surface area contributed by atoms with Crippen molar-refractivity contribution in [2.75, 3.05) is 24.4 Å². The first-order chi connectivity index (χ1) is 11.1. The Hall–Kier alpha value is -2.49. The molecular formula is C14H17FN4O4S. The molecule has 0 aliphatic carbocycles. The van der Waals surface area contributed by atoms with Gasteiger partial charge in [0.05, 0.1) is 17.1 Å². The van der Waals surface area contributed by atoms with Crippen molar-refractivity contribution >= 4 is 33.0 Å². The number of pyridine rings is 1. The van der Waals surface area contributed by atoms with Crippen LogP contribution in [0.4, 0.5) is 10.1 Å². The summed E-state index contributed by atoms with van der Waals surface area (Å²) in [5.74, 6) is -2.19. The Kier molecular flexibility index (Phi) is 4.88. The third-order valence-corrected chi connectivity index (χ3v) is 4.18. The Labute approximate surface area is 138 Å². The van der Waals surface area contributed by atoms with Gasteiger partial charge in [-0.25, -0.2) is 17.8 Å². The molecule has 0 spiro atoms. The predicted molar refractivity (Wildman–Crippen MR) is 86.3 cm³/mol. The summed E-state index contributed by atoms with van der Waals surface area (Å²) < 4.78 is 38.5. The van der Waals surface area contributed by atoms with Gasteiger partial charge in [0.15, 0.2) is 11.5 Å². The highest BCUT2D eigenvalue weighted by Crippen LogP contribution is 2.23. The van der Waals surface area contributed by atoms with Crippen molar-refractivity contribution in [2.45, 2.75) is 13.3 Å². The SMILES string of the molecule is CNC(=O)c1c(NC(C)=O)cn2cc(CCS(C)(=O)=O)nc2c1F. The molecule has 2 N–H and O–H groups in total. The summed E-state index contributed by atoms with van der Waals surface area (Å²) in [6, 6.07) is 0. The number of rotatable bonds is 5. The maximum atomic E-state index is 14.7. The van der Waals surface area contributed by atoms with E-state index in [1.807, 2.05) is 0 Å². The zero-order valence-electron chi connectivity index (χ0n) is 13.4. The largest absolute Gasteiger partial charge is 0.355 e. The minimum absolute atomic E-state index is 0.00101. The zero-order chi connectivity index (χ0) is 18.1. The number of carbonyl (C=O) groups is 2. The first kappa shape index (κ1) is 17.9. The number of imidazole rings is 1. The number of hydrogen-bond acceptors (Lipinski definition) is 5. The highest BCUT2D eigenvalue weighted by atomic mass is 32.2. The number of halogens is 1. The number of nitrogens with one attached hydrogen (secondary N) is 2. The van der Waals surface area contributed by atoms with E-state index in [1.54, 1.807) is 0 Å². The summed E-state index contributed by atoms with van der Waals surface area (Å²) in [5.41, 5.74) is -0.0901. The zero-order valence-corrected chi connectivity index (χ0v) is 14.2. The van der Waals surface area contributed by atoms with Crippen LogP contribution in [0.1, 0.15) is 23.0 Å². The Morgan fingerprint density at radius 3 is 2.54 bits per heavy atom. The van der Waals surface area contributed by atoms with Gasteiger partial charge in [0.2, 0.25) is 5.91 Å². The topological polar surface area (TPSA) is 110 Å². The number of anilines is 1. The molecule has 24 heavy (non-hydrogen) atoms. The van der Waals surface area contributed by atoms with Gasteiger partial charge in [-0.1, -0.05) is 0 Å². The van der Waals surface area contributed by atoms with E-state index in [0.29, 0.717) is 5.69 Å². The van der Waals surface area contributed by atoms with Gasteiger partial charge in [-0.05, 0) is 0 Å². The fourth-order valence-electron chi connectivity index (χ4n) is 2.18. The lowest BCUT2D eigenvalue weighted by Gasteiger charge is -2.11. The summed E-state index contributed by atoms with van der Waals surface area (Å²) >= 11 is 0. The normalized spacial score (nSPS) is 11.5. The van der Waals surface area contributed by atoms with Crippen LogP contribution < -0.4 is 10.6 Å². The second-order valence-corrected chi connectivity index (χ2v) is 7.59. The molecule has 0 atom stereocenters. The van der Waals surface area contributed by atoms with Crippen LogP contribution >= 0.6 is 0 Å². The van der Waals surface area contributed by atoms with Crippen molar-refractivity contribution in [3.8, 4) is 0 Å². The minimum Gasteiger partial charge on any atom is -0.355 e. The van der Waals surface area contributed by atoms with Crippen LogP contribution in [0.15, 0.2) is 12.4 Å². The lowest BCUT2D eigenvalue weighted by atomic mass is 10.2. The Morgan fingerprint density at radius 2 is 2.00 bits per heavy atom. The number of aryl methyl sites for hydroxylation is 1. The van der Waals surface area contributed by atoms with E-state index in [1.165, 1.54) is 30.8 Å². The smallest absolute Gasteiger partial charge is 0.256 e. The average Bonchev–Trinajstić information content (AvgIpc) is 2.87. The molecule has 0 unspecified atom stereocenters. The molecule has 0 saturated heterocycles. The maximum Gasteiger partial charge on any atom is 0.256 e. The molecule has 0 aliphatic rings. The van der Waals surface area contributed by atoms with Crippen molar-refractivity contribution in [1.29, 1.82) is 0 Å². The van der Waals surface area contributed by atoms with E-state index in [4.69, 9.17) is 0 Å². The molecule has 2 heterocycles. The molecule has 2 aromatic heterocycles. The van der Waals surface area contributed by atoms with E-state index >= 15 is 0 Å². The van der Waals surface area contributed by atoms with Gasteiger partial charge >= 0.3 is 0 Å². The van der Waals surface area contributed by atoms with Gasteiger partial charge in [-0.3, -0.25) is 9.59 Å². The van der Waals surface area contributed by atoms with E-state index in [-0.39, 0.29) is 29.1 Å².